The smallest absolute Gasteiger partial charge is 0.351 e. The molecular weight excluding hydrogens is 481 g/mol. The van der Waals surface area contributed by atoms with E-state index in [2.05, 4.69) is 21.2 Å². The van der Waals surface area contributed by atoms with Crippen LogP contribution >= 0.6 is 27.3 Å². The zero-order chi connectivity index (χ0) is 20.5. The lowest BCUT2D eigenvalue weighted by molar-refractivity contribution is -0.137. The van der Waals surface area contributed by atoms with Gasteiger partial charge in [0.1, 0.15) is 10.3 Å². The number of thiophene rings is 1. The van der Waals surface area contributed by atoms with Crippen molar-refractivity contribution in [2.45, 2.75) is 35.8 Å². The number of hydrogen-bond donors (Lipinski definition) is 1. The summed E-state index contributed by atoms with van der Waals surface area (Å²) >= 11 is 4.30. The van der Waals surface area contributed by atoms with Gasteiger partial charge in [0.05, 0.1) is 9.35 Å². The van der Waals surface area contributed by atoms with Gasteiger partial charge in [-0.2, -0.15) is 17.5 Å². The average molecular weight is 497 g/mol. The summed E-state index contributed by atoms with van der Waals surface area (Å²) in [6.07, 6.45) is -3.47. The molecule has 3 rings (SSSR count). The molecule has 0 spiro atoms. The molecule has 1 N–H and O–H groups in total. The minimum atomic E-state index is -4.42. The second kappa shape index (κ2) is 8.13. The molecule has 0 bridgehead atoms. The van der Waals surface area contributed by atoms with E-state index in [-0.39, 0.29) is 17.3 Å². The molecule has 5 nitrogen and oxygen atoms in total. The molecule has 2 heterocycles. The largest absolute Gasteiger partial charge is 0.416 e. The van der Waals surface area contributed by atoms with Crippen molar-refractivity contribution in [1.82, 2.24) is 9.62 Å². The van der Waals surface area contributed by atoms with Gasteiger partial charge in [0.15, 0.2) is 0 Å². The van der Waals surface area contributed by atoms with Crippen LogP contribution in [0.25, 0.3) is 0 Å². The minimum Gasteiger partial charge on any atom is -0.351 e. The van der Waals surface area contributed by atoms with Crippen LogP contribution in [-0.4, -0.2) is 31.2 Å². The Bertz CT molecular complexity index is 959. The predicted octanol–water partition coefficient (Wildman–Crippen LogP) is 4.00. The molecule has 1 aliphatic heterocycles. The molecule has 1 atom stereocenters. The van der Waals surface area contributed by atoms with Gasteiger partial charge in [0.2, 0.25) is 5.91 Å². The third kappa shape index (κ3) is 4.58. The summed E-state index contributed by atoms with van der Waals surface area (Å²) in [6, 6.07) is 6.75. The van der Waals surface area contributed by atoms with Gasteiger partial charge in [-0.3, -0.25) is 4.79 Å². The summed E-state index contributed by atoms with van der Waals surface area (Å²) < 4.78 is 65.4. The molecule has 2 aromatic rings. The number of amides is 1. The van der Waals surface area contributed by atoms with E-state index in [4.69, 9.17) is 0 Å². The molecule has 1 aliphatic rings. The maximum atomic E-state index is 12.8. The summed E-state index contributed by atoms with van der Waals surface area (Å²) in [7, 11) is -3.78. The Hall–Kier alpha value is -1.43. The molecule has 0 radical (unpaired) electrons. The van der Waals surface area contributed by atoms with Crippen LogP contribution in [0, 0.1) is 0 Å². The molecule has 1 aromatic carbocycles. The number of benzene rings is 1. The fraction of sp³-hybridized carbons (Fsp3) is 0.353. The Morgan fingerprint density at radius 1 is 1.21 bits per heavy atom. The van der Waals surface area contributed by atoms with Gasteiger partial charge in [-0.15, -0.1) is 11.3 Å². The van der Waals surface area contributed by atoms with Gasteiger partial charge >= 0.3 is 6.18 Å². The van der Waals surface area contributed by atoms with Crippen LogP contribution in [0.3, 0.4) is 0 Å². The SMILES string of the molecule is O=C(NCc1ccc(C(F)(F)F)cc1)C1CCCN1S(=O)(=O)c1ccc(Br)s1. The van der Waals surface area contributed by atoms with Crippen molar-refractivity contribution in [3.63, 3.8) is 0 Å². The van der Waals surface area contributed by atoms with E-state index in [0.717, 1.165) is 23.5 Å². The molecule has 0 saturated carbocycles. The average Bonchev–Trinajstić information content (AvgIpc) is 3.29. The second-order valence-electron chi connectivity index (χ2n) is 6.24. The fourth-order valence-electron chi connectivity index (χ4n) is 2.96. The van der Waals surface area contributed by atoms with Crippen LogP contribution in [0.5, 0.6) is 0 Å². The summed E-state index contributed by atoms with van der Waals surface area (Å²) in [4.78, 5) is 12.5. The lowest BCUT2D eigenvalue weighted by Gasteiger charge is -2.22. The van der Waals surface area contributed by atoms with Crippen LogP contribution in [0.4, 0.5) is 13.2 Å². The van der Waals surface area contributed by atoms with E-state index >= 15 is 0 Å². The van der Waals surface area contributed by atoms with Crippen LogP contribution in [0.15, 0.2) is 44.4 Å². The van der Waals surface area contributed by atoms with Crippen molar-refractivity contribution < 1.29 is 26.4 Å². The maximum absolute atomic E-state index is 12.8. The highest BCUT2D eigenvalue weighted by Gasteiger charge is 2.40. The third-order valence-electron chi connectivity index (χ3n) is 4.37. The van der Waals surface area contributed by atoms with E-state index in [1.165, 1.54) is 22.5 Å². The van der Waals surface area contributed by atoms with Crippen LogP contribution in [-0.2, 0) is 27.5 Å². The molecule has 1 amide bonds. The van der Waals surface area contributed by atoms with E-state index in [0.29, 0.717) is 22.2 Å². The summed E-state index contributed by atoms with van der Waals surface area (Å²) in [5, 5.41) is 2.63. The van der Waals surface area contributed by atoms with Crippen molar-refractivity contribution in [1.29, 1.82) is 0 Å². The van der Waals surface area contributed by atoms with Crippen molar-refractivity contribution in [2.75, 3.05) is 6.54 Å². The van der Waals surface area contributed by atoms with Crippen molar-refractivity contribution in [3.05, 3.63) is 51.3 Å². The van der Waals surface area contributed by atoms with E-state index in [1.807, 2.05) is 0 Å². The Morgan fingerprint density at radius 2 is 1.89 bits per heavy atom. The van der Waals surface area contributed by atoms with Crippen LogP contribution in [0.1, 0.15) is 24.0 Å². The van der Waals surface area contributed by atoms with Crippen LogP contribution < -0.4 is 5.32 Å². The molecule has 1 fully saturated rings. The zero-order valence-electron chi connectivity index (χ0n) is 14.4. The molecule has 152 valence electrons. The zero-order valence-corrected chi connectivity index (χ0v) is 17.6. The van der Waals surface area contributed by atoms with Crippen LogP contribution in [0.2, 0.25) is 0 Å². The second-order valence-corrected chi connectivity index (χ2v) is 10.8. The highest BCUT2D eigenvalue weighted by atomic mass is 79.9. The van der Waals surface area contributed by atoms with Gasteiger partial charge in [-0.05, 0) is 58.6 Å². The first-order valence-corrected chi connectivity index (χ1v) is 11.3. The predicted molar refractivity (Wildman–Crippen MR) is 102 cm³/mol. The molecule has 0 aliphatic carbocycles. The number of nitrogens with one attached hydrogen (secondary N) is 1. The lowest BCUT2D eigenvalue weighted by atomic mass is 10.1. The summed E-state index contributed by atoms with van der Waals surface area (Å²) in [5.41, 5.74) is -0.270. The Balaban J connectivity index is 1.67. The molecule has 1 aromatic heterocycles. The third-order valence-corrected chi connectivity index (χ3v) is 8.37. The first-order chi connectivity index (χ1) is 13.1. The lowest BCUT2D eigenvalue weighted by Crippen LogP contribution is -2.45. The molecule has 11 heteroatoms. The normalized spacial score (nSPS) is 18.4. The number of hydrogen-bond acceptors (Lipinski definition) is 4. The van der Waals surface area contributed by atoms with Gasteiger partial charge in [-0.1, -0.05) is 12.1 Å². The van der Waals surface area contributed by atoms with Crippen molar-refractivity contribution in [3.8, 4) is 0 Å². The van der Waals surface area contributed by atoms with Gasteiger partial charge in [0, 0.05) is 13.1 Å². The Morgan fingerprint density at radius 3 is 2.46 bits per heavy atom. The van der Waals surface area contributed by atoms with Crippen molar-refractivity contribution in [2.24, 2.45) is 0 Å². The van der Waals surface area contributed by atoms with E-state index < -0.39 is 33.7 Å². The number of carbonyl (C=O) groups excluding carboxylic acids is 1. The Labute approximate surface area is 172 Å². The maximum Gasteiger partial charge on any atom is 0.416 e. The first kappa shape index (κ1) is 21.3. The quantitative estimate of drug-likeness (QED) is 0.680. The standard InChI is InChI=1S/C17H16BrF3N2O3S2/c18-14-7-8-15(27-14)28(25,26)23-9-1-2-13(23)16(24)22-10-11-3-5-12(6-4-11)17(19,20)21/h3-8,13H,1-2,9-10H2,(H,22,24). The van der Waals surface area contributed by atoms with Gasteiger partial charge in [-0.25, -0.2) is 8.42 Å². The number of sulfonamides is 1. The number of rotatable bonds is 5. The monoisotopic (exact) mass is 496 g/mol. The molecule has 28 heavy (non-hydrogen) atoms. The minimum absolute atomic E-state index is 0.0198. The fourth-order valence-corrected chi connectivity index (χ4v) is 6.76. The number of nitrogens with zero attached hydrogens (tertiary/aromatic N) is 1. The van der Waals surface area contributed by atoms with Gasteiger partial charge < -0.3 is 5.32 Å². The molecule has 1 unspecified atom stereocenters. The Kier molecular flexibility index (Phi) is 6.18. The van der Waals surface area contributed by atoms with Gasteiger partial charge in [0.25, 0.3) is 10.0 Å². The molecular formula is C17H16BrF3N2O3S2. The highest BCUT2D eigenvalue weighted by Crippen LogP contribution is 2.32. The van der Waals surface area contributed by atoms with Crippen molar-refractivity contribution >= 4 is 43.2 Å². The number of halogens is 4. The van der Waals surface area contributed by atoms with E-state index in [9.17, 15) is 26.4 Å². The number of alkyl halides is 3. The van der Waals surface area contributed by atoms with E-state index in [1.54, 1.807) is 6.07 Å². The first-order valence-electron chi connectivity index (χ1n) is 8.30. The summed E-state index contributed by atoms with van der Waals surface area (Å²) in [6.45, 7) is 0.266. The molecule has 1 saturated heterocycles. The number of carbonyl (C=O) groups is 1. The highest BCUT2D eigenvalue weighted by molar-refractivity contribution is 9.11. The summed E-state index contributed by atoms with van der Waals surface area (Å²) in [5.74, 6) is -0.461. The topological polar surface area (TPSA) is 66.5 Å².